The molecule has 36 heavy (non-hydrogen) atoms. The van der Waals surface area contributed by atoms with Crippen molar-refractivity contribution in [2.75, 3.05) is 18.1 Å². The lowest BCUT2D eigenvalue weighted by Crippen LogP contribution is -2.36. The van der Waals surface area contributed by atoms with Crippen molar-refractivity contribution in [3.63, 3.8) is 0 Å². The van der Waals surface area contributed by atoms with E-state index in [1.54, 1.807) is 0 Å². The molecule has 8 nitrogen and oxygen atoms in total. The van der Waals surface area contributed by atoms with Crippen LogP contribution in [0, 0.1) is 0 Å². The number of benzene rings is 3. The quantitative estimate of drug-likeness (QED) is 0.444. The van der Waals surface area contributed by atoms with E-state index in [1.165, 1.54) is 36.4 Å². The van der Waals surface area contributed by atoms with Crippen molar-refractivity contribution < 1.29 is 29.3 Å². The molecular weight excluding hydrogens is 460 g/mol. The number of carbonyl (C=O) groups is 3. The Morgan fingerprint density at radius 1 is 0.861 bits per heavy atom. The molecule has 0 bridgehead atoms. The first-order chi connectivity index (χ1) is 17.4. The van der Waals surface area contributed by atoms with Crippen molar-refractivity contribution in [1.82, 2.24) is 5.32 Å². The SMILES string of the molecule is O=C(NCC(O)C(O)c1ccc(N2C(=O)C=CC2=O)cc1)OCC1c2ccccc2-c2ccccc21. The minimum absolute atomic E-state index is 0.0817. The van der Waals surface area contributed by atoms with Gasteiger partial charge in [0.2, 0.25) is 0 Å². The maximum atomic E-state index is 12.3. The van der Waals surface area contributed by atoms with Gasteiger partial charge in [-0.2, -0.15) is 0 Å². The standard InChI is InChI=1S/C28H24N2O6/c31-24(27(34)17-9-11-18(12-10-17)30-25(32)13-14-26(30)33)15-29-28(35)36-16-23-21-7-3-1-5-19(21)20-6-2-4-8-22(20)23/h1-14,23-24,27,31,34H,15-16H2,(H,29,35). The predicted molar refractivity (Wildman–Crippen MR) is 132 cm³/mol. The first-order valence-corrected chi connectivity index (χ1v) is 11.5. The molecule has 3 aromatic rings. The Morgan fingerprint density at radius 2 is 1.42 bits per heavy atom. The summed E-state index contributed by atoms with van der Waals surface area (Å²) in [7, 11) is 0. The topological polar surface area (TPSA) is 116 Å². The third-order valence-corrected chi connectivity index (χ3v) is 6.47. The summed E-state index contributed by atoms with van der Waals surface area (Å²) >= 11 is 0. The molecule has 5 rings (SSSR count). The number of alkyl carbamates (subject to hydrolysis) is 1. The lowest BCUT2D eigenvalue weighted by atomic mass is 9.98. The number of fused-ring (bicyclic) bond motifs is 3. The van der Waals surface area contributed by atoms with Crippen LogP contribution in [0.5, 0.6) is 0 Å². The number of hydrogen-bond acceptors (Lipinski definition) is 6. The molecule has 1 aliphatic heterocycles. The predicted octanol–water partition coefficient (Wildman–Crippen LogP) is 3.05. The van der Waals surface area contributed by atoms with Crippen molar-refractivity contribution in [3.8, 4) is 11.1 Å². The van der Waals surface area contributed by atoms with E-state index in [4.69, 9.17) is 4.74 Å². The fourth-order valence-electron chi connectivity index (χ4n) is 4.65. The summed E-state index contributed by atoms with van der Waals surface area (Å²) in [6, 6.07) is 22.1. The molecule has 2 aliphatic rings. The van der Waals surface area contributed by atoms with Gasteiger partial charge in [-0.25, -0.2) is 9.69 Å². The van der Waals surface area contributed by atoms with Crippen LogP contribution in [0.15, 0.2) is 84.9 Å². The molecule has 0 fully saturated rings. The van der Waals surface area contributed by atoms with Gasteiger partial charge in [-0.3, -0.25) is 9.59 Å². The molecular formula is C28H24N2O6. The summed E-state index contributed by atoms with van der Waals surface area (Å²) in [5.74, 6) is -0.969. The number of rotatable bonds is 7. The molecule has 2 atom stereocenters. The maximum Gasteiger partial charge on any atom is 0.407 e. The molecule has 1 aliphatic carbocycles. The Balaban J connectivity index is 1.15. The van der Waals surface area contributed by atoms with E-state index in [9.17, 15) is 24.6 Å². The van der Waals surface area contributed by atoms with Gasteiger partial charge in [0.05, 0.1) is 5.69 Å². The van der Waals surface area contributed by atoms with Crippen LogP contribution in [0.4, 0.5) is 10.5 Å². The van der Waals surface area contributed by atoms with Crippen molar-refractivity contribution in [2.45, 2.75) is 18.1 Å². The van der Waals surface area contributed by atoms with Gasteiger partial charge in [-0.15, -0.1) is 0 Å². The van der Waals surface area contributed by atoms with E-state index >= 15 is 0 Å². The number of carbonyl (C=O) groups excluding carboxylic acids is 3. The molecule has 1 heterocycles. The third-order valence-electron chi connectivity index (χ3n) is 6.47. The lowest BCUT2D eigenvalue weighted by molar-refractivity contribution is -0.119. The second-order valence-electron chi connectivity index (χ2n) is 8.66. The van der Waals surface area contributed by atoms with Gasteiger partial charge in [0.1, 0.15) is 18.8 Å². The molecule has 0 saturated heterocycles. The minimum atomic E-state index is -1.30. The van der Waals surface area contributed by atoms with Crippen molar-refractivity contribution in [3.05, 3.63) is 102 Å². The second-order valence-corrected chi connectivity index (χ2v) is 8.66. The molecule has 182 valence electrons. The number of imide groups is 1. The van der Waals surface area contributed by atoms with Crippen LogP contribution in [0.1, 0.15) is 28.7 Å². The number of nitrogens with one attached hydrogen (secondary N) is 1. The second kappa shape index (κ2) is 9.77. The van der Waals surface area contributed by atoms with Crippen molar-refractivity contribution in [2.24, 2.45) is 0 Å². The van der Waals surface area contributed by atoms with Crippen LogP contribution < -0.4 is 10.2 Å². The number of nitrogens with zero attached hydrogens (tertiary/aromatic N) is 1. The number of amides is 3. The average molecular weight is 485 g/mol. The Kier molecular flexibility index (Phi) is 6.37. The molecule has 3 amide bonds. The van der Waals surface area contributed by atoms with E-state index in [0.717, 1.165) is 27.2 Å². The van der Waals surface area contributed by atoms with Gasteiger partial charge in [0.15, 0.2) is 0 Å². The molecule has 3 aromatic carbocycles. The molecule has 0 aromatic heterocycles. The smallest absolute Gasteiger partial charge is 0.407 e. The van der Waals surface area contributed by atoms with E-state index in [-0.39, 0.29) is 19.1 Å². The molecule has 0 saturated carbocycles. The summed E-state index contributed by atoms with van der Waals surface area (Å²) in [5.41, 5.74) is 5.17. The zero-order valence-electron chi connectivity index (χ0n) is 19.2. The van der Waals surface area contributed by atoms with Gasteiger partial charge in [-0.05, 0) is 39.9 Å². The zero-order chi connectivity index (χ0) is 25.2. The Morgan fingerprint density at radius 3 is 2.00 bits per heavy atom. The van der Waals surface area contributed by atoms with Crippen LogP contribution in [-0.4, -0.2) is 47.4 Å². The summed E-state index contributed by atoms with van der Waals surface area (Å²) in [4.78, 5) is 36.9. The van der Waals surface area contributed by atoms with Crippen molar-refractivity contribution in [1.29, 1.82) is 0 Å². The summed E-state index contributed by atoms with van der Waals surface area (Å²) in [6.45, 7) is -0.0879. The van der Waals surface area contributed by atoms with Crippen LogP contribution in [0.3, 0.4) is 0 Å². The molecule has 0 spiro atoms. The zero-order valence-corrected chi connectivity index (χ0v) is 19.2. The maximum absolute atomic E-state index is 12.3. The first kappa shape index (κ1) is 23.5. The molecule has 0 radical (unpaired) electrons. The highest BCUT2D eigenvalue weighted by Crippen LogP contribution is 2.44. The number of aliphatic hydroxyl groups excluding tert-OH is 2. The largest absolute Gasteiger partial charge is 0.449 e. The van der Waals surface area contributed by atoms with E-state index in [0.29, 0.717) is 11.3 Å². The molecule has 3 N–H and O–H groups in total. The van der Waals surface area contributed by atoms with Gasteiger partial charge < -0.3 is 20.3 Å². The van der Waals surface area contributed by atoms with E-state index < -0.39 is 30.1 Å². The number of anilines is 1. The number of aliphatic hydroxyl groups is 2. The normalized spacial score (nSPS) is 16.0. The lowest BCUT2D eigenvalue weighted by Gasteiger charge is -2.20. The van der Waals surface area contributed by atoms with E-state index in [1.807, 2.05) is 36.4 Å². The molecule has 2 unspecified atom stereocenters. The minimum Gasteiger partial charge on any atom is -0.449 e. The van der Waals surface area contributed by atoms with Gasteiger partial charge in [0, 0.05) is 24.6 Å². The third kappa shape index (κ3) is 4.39. The Hall–Kier alpha value is -4.27. The van der Waals surface area contributed by atoms with Gasteiger partial charge >= 0.3 is 6.09 Å². The highest BCUT2D eigenvalue weighted by Gasteiger charge is 2.29. The molecule has 8 heteroatoms. The Labute approximate surface area is 207 Å². The number of ether oxygens (including phenoxy) is 1. The fourth-order valence-corrected chi connectivity index (χ4v) is 4.65. The number of hydrogen-bond donors (Lipinski definition) is 3. The van der Waals surface area contributed by atoms with Gasteiger partial charge in [0.25, 0.3) is 11.8 Å². The summed E-state index contributed by atoms with van der Waals surface area (Å²) < 4.78 is 5.45. The van der Waals surface area contributed by atoms with E-state index in [2.05, 4.69) is 17.4 Å². The summed E-state index contributed by atoms with van der Waals surface area (Å²) in [5, 5.41) is 23.4. The Bertz CT molecular complexity index is 1290. The van der Waals surface area contributed by atoms with Gasteiger partial charge in [-0.1, -0.05) is 60.7 Å². The highest BCUT2D eigenvalue weighted by molar-refractivity contribution is 6.28. The monoisotopic (exact) mass is 484 g/mol. The highest BCUT2D eigenvalue weighted by atomic mass is 16.5. The average Bonchev–Trinajstić information content (AvgIpc) is 3.41. The summed E-state index contributed by atoms with van der Waals surface area (Å²) in [6.07, 6.45) is -0.922. The van der Waals surface area contributed by atoms with Crippen LogP contribution >= 0.6 is 0 Å². The van der Waals surface area contributed by atoms with Crippen molar-refractivity contribution >= 4 is 23.6 Å². The van der Waals surface area contributed by atoms with Crippen LogP contribution in [0.25, 0.3) is 11.1 Å². The fraction of sp³-hybridized carbons (Fsp3) is 0.179. The first-order valence-electron chi connectivity index (χ1n) is 11.5. The van der Waals surface area contributed by atoms with Crippen LogP contribution in [0.2, 0.25) is 0 Å². The van der Waals surface area contributed by atoms with Crippen LogP contribution in [-0.2, 0) is 14.3 Å².